The Bertz CT molecular complexity index is 536. The molecule has 0 saturated carbocycles. The highest BCUT2D eigenvalue weighted by molar-refractivity contribution is 5.71. The molecule has 0 aliphatic rings. The van der Waals surface area contributed by atoms with Crippen molar-refractivity contribution in [3.8, 4) is 0 Å². The molecule has 0 amide bonds. The van der Waals surface area contributed by atoms with E-state index in [0.717, 1.165) is 6.29 Å². The molecule has 0 unspecified atom stereocenters. The van der Waals surface area contributed by atoms with Gasteiger partial charge in [-0.25, -0.2) is 0 Å². The summed E-state index contributed by atoms with van der Waals surface area (Å²) in [6, 6.07) is 4.65. The zero-order valence-electron chi connectivity index (χ0n) is 15.9. The lowest BCUT2D eigenvalue weighted by molar-refractivity contribution is -0.105. The molecule has 0 heterocycles. The van der Waals surface area contributed by atoms with E-state index in [4.69, 9.17) is 4.74 Å². The molecule has 1 aromatic carbocycles. The fraction of sp³-hybridized carbons (Fsp3) is 0.571. The van der Waals surface area contributed by atoms with Crippen LogP contribution >= 0.6 is 0 Å². The lowest BCUT2D eigenvalue weighted by Crippen LogP contribution is -2.10. The summed E-state index contributed by atoms with van der Waals surface area (Å²) in [5.41, 5.74) is 5.96. The monoisotopic (exact) mass is 316 g/mol. The Balaban J connectivity index is 3.45. The topological polar surface area (TPSA) is 26.3 Å². The van der Waals surface area contributed by atoms with Crippen molar-refractivity contribution in [3.05, 3.63) is 46.2 Å². The summed E-state index contributed by atoms with van der Waals surface area (Å²) >= 11 is 0. The molecule has 0 aliphatic carbocycles. The minimum atomic E-state index is -0.0686. The zero-order valence-corrected chi connectivity index (χ0v) is 15.9. The third-order valence-corrected chi connectivity index (χ3v) is 4.23. The number of rotatable bonds is 7. The first-order valence-corrected chi connectivity index (χ1v) is 8.64. The average Bonchev–Trinajstić information content (AvgIpc) is 2.50. The summed E-state index contributed by atoms with van der Waals surface area (Å²) in [6.07, 6.45) is 2.32. The van der Waals surface area contributed by atoms with Crippen LogP contribution in [0.5, 0.6) is 0 Å². The molecule has 2 nitrogen and oxygen atoms in total. The standard InChI is InChI=1S/C21H32O2/c1-13(2)18-9-19(14(3)4)21(20(10-18)15(5)6)17(8)23-12-16(7)11-22/h9-15,17H,1-8H3/b16-12+/t17-/m0/s1. The van der Waals surface area contributed by atoms with Gasteiger partial charge in [0, 0.05) is 5.57 Å². The van der Waals surface area contributed by atoms with E-state index in [0.29, 0.717) is 23.3 Å². The van der Waals surface area contributed by atoms with E-state index in [1.807, 2.05) is 0 Å². The minimum Gasteiger partial charge on any atom is -0.493 e. The predicted molar refractivity (Wildman–Crippen MR) is 98.0 cm³/mol. The normalized spacial score (nSPS) is 13.8. The smallest absolute Gasteiger partial charge is 0.148 e. The van der Waals surface area contributed by atoms with Gasteiger partial charge >= 0.3 is 0 Å². The molecule has 1 rings (SSSR count). The molecule has 0 fully saturated rings. The number of hydrogen-bond acceptors (Lipinski definition) is 2. The van der Waals surface area contributed by atoms with Crippen molar-refractivity contribution in [1.82, 2.24) is 0 Å². The van der Waals surface area contributed by atoms with E-state index in [1.54, 1.807) is 13.2 Å². The summed E-state index contributed by atoms with van der Waals surface area (Å²) in [4.78, 5) is 10.8. The van der Waals surface area contributed by atoms with Gasteiger partial charge in [0.05, 0.1) is 6.26 Å². The van der Waals surface area contributed by atoms with Crippen LogP contribution in [0.4, 0.5) is 0 Å². The van der Waals surface area contributed by atoms with Crippen LogP contribution in [-0.4, -0.2) is 6.29 Å². The minimum absolute atomic E-state index is 0.0686. The lowest BCUT2D eigenvalue weighted by atomic mass is 9.82. The second-order valence-electron chi connectivity index (χ2n) is 7.34. The maximum atomic E-state index is 10.8. The van der Waals surface area contributed by atoms with E-state index < -0.39 is 0 Å². The van der Waals surface area contributed by atoms with E-state index in [1.165, 1.54) is 22.3 Å². The van der Waals surface area contributed by atoms with Crippen molar-refractivity contribution in [2.75, 3.05) is 0 Å². The van der Waals surface area contributed by atoms with E-state index in [9.17, 15) is 4.79 Å². The van der Waals surface area contributed by atoms with E-state index >= 15 is 0 Å². The summed E-state index contributed by atoms with van der Waals surface area (Å²) < 4.78 is 5.87. The second-order valence-corrected chi connectivity index (χ2v) is 7.34. The number of hydrogen-bond donors (Lipinski definition) is 0. The zero-order chi connectivity index (χ0) is 17.7. The Kier molecular flexibility index (Phi) is 7.05. The fourth-order valence-corrected chi connectivity index (χ4v) is 2.79. The van der Waals surface area contributed by atoms with Crippen molar-refractivity contribution >= 4 is 6.29 Å². The van der Waals surface area contributed by atoms with Gasteiger partial charge in [-0.3, -0.25) is 4.79 Å². The largest absolute Gasteiger partial charge is 0.493 e. The van der Waals surface area contributed by atoms with Crippen molar-refractivity contribution in [2.45, 2.75) is 79.2 Å². The SMILES string of the molecule is C/C(C=O)=C\O[C@@H](C)c1c(C(C)C)cc(C(C)C)cc1C(C)C. The second kappa shape index (κ2) is 8.33. The van der Waals surface area contributed by atoms with Crippen LogP contribution in [0.25, 0.3) is 0 Å². The van der Waals surface area contributed by atoms with E-state index in [2.05, 4.69) is 60.6 Å². The molecule has 0 aliphatic heterocycles. The molecule has 0 saturated heterocycles. The van der Waals surface area contributed by atoms with Gasteiger partial charge in [-0.15, -0.1) is 0 Å². The Morgan fingerprint density at radius 3 is 1.74 bits per heavy atom. The Morgan fingerprint density at radius 1 is 0.913 bits per heavy atom. The molecule has 1 atom stereocenters. The highest BCUT2D eigenvalue weighted by atomic mass is 16.5. The molecular weight excluding hydrogens is 284 g/mol. The lowest BCUT2D eigenvalue weighted by Gasteiger charge is -2.26. The quantitative estimate of drug-likeness (QED) is 0.338. The summed E-state index contributed by atoms with van der Waals surface area (Å²) in [5.74, 6) is 1.37. The summed E-state index contributed by atoms with van der Waals surface area (Å²) in [5, 5.41) is 0. The van der Waals surface area contributed by atoms with Gasteiger partial charge in [0.15, 0.2) is 0 Å². The van der Waals surface area contributed by atoms with Gasteiger partial charge in [-0.1, -0.05) is 53.7 Å². The highest BCUT2D eigenvalue weighted by Crippen LogP contribution is 2.37. The molecule has 0 N–H and O–H groups in total. The highest BCUT2D eigenvalue weighted by Gasteiger charge is 2.21. The van der Waals surface area contributed by atoms with Crippen LogP contribution in [0.15, 0.2) is 24.0 Å². The first-order valence-electron chi connectivity index (χ1n) is 8.64. The molecule has 0 spiro atoms. The Morgan fingerprint density at radius 2 is 1.39 bits per heavy atom. The van der Waals surface area contributed by atoms with Crippen LogP contribution in [-0.2, 0) is 9.53 Å². The Labute approximate surface area is 141 Å². The average molecular weight is 316 g/mol. The van der Waals surface area contributed by atoms with Gasteiger partial charge in [0.2, 0.25) is 0 Å². The Hall–Kier alpha value is -1.57. The molecule has 0 bridgehead atoms. The third kappa shape index (κ3) is 4.95. The molecule has 128 valence electrons. The molecule has 0 radical (unpaired) electrons. The van der Waals surface area contributed by atoms with Crippen LogP contribution in [0, 0.1) is 0 Å². The molecule has 0 aromatic heterocycles. The van der Waals surface area contributed by atoms with Crippen molar-refractivity contribution in [2.24, 2.45) is 0 Å². The number of benzene rings is 1. The summed E-state index contributed by atoms with van der Waals surface area (Å²) in [6.45, 7) is 17.2. The molecular formula is C21H32O2. The van der Waals surface area contributed by atoms with Crippen molar-refractivity contribution < 1.29 is 9.53 Å². The number of ether oxygens (including phenoxy) is 1. The number of carbonyl (C=O) groups is 1. The van der Waals surface area contributed by atoms with Crippen LogP contribution < -0.4 is 0 Å². The van der Waals surface area contributed by atoms with Crippen LogP contribution in [0.3, 0.4) is 0 Å². The number of allylic oxidation sites excluding steroid dienone is 1. The predicted octanol–water partition coefficient (Wildman–Crippen LogP) is 6.24. The molecule has 2 heteroatoms. The maximum Gasteiger partial charge on any atom is 0.148 e. The first kappa shape index (κ1) is 19.5. The first-order chi connectivity index (χ1) is 10.7. The van der Waals surface area contributed by atoms with Gasteiger partial charge < -0.3 is 4.74 Å². The van der Waals surface area contributed by atoms with Gasteiger partial charge in [0.25, 0.3) is 0 Å². The fourth-order valence-electron chi connectivity index (χ4n) is 2.79. The third-order valence-electron chi connectivity index (χ3n) is 4.23. The number of aldehydes is 1. The number of carbonyl (C=O) groups excluding carboxylic acids is 1. The van der Waals surface area contributed by atoms with Crippen LogP contribution in [0.2, 0.25) is 0 Å². The maximum absolute atomic E-state index is 10.8. The van der Waals surface area contributed by atoms with Crippen molar-refractivity contribution in [1.29, 1.82) is 0 Å². The van der Waals surface area contributed by atoms with Gasteiger partial charge in [-0.05, 0) is 53.9 Å². The van der Waals surface area contributed by atoms with Crippen LogP contribution in [0.1, 0.15) is 102 Å². The molecule has 1 aromatic rings. The van der Waals surface area contributed by atoms with Crippen molar-refractivity contribution in [3.63, 3.8) is 0 Å². The van der Waals surface area contributed by atoms with E-state index in [-0.39, 0.29) is 6.10 Å². The summed E-state index contributed by atoms with van der Waals surface area (Å²) in [7, 11) is 0. The van der Waals surface area contributed by atoms with Gasteiger partial charge in [-0.2, -0.15) is 0 Å². The molecule has 23 heavy (non-hydrogen) atoms. The van der Waals surface area contributed by atoms with Gasteiger partial charge in [0.1, 0.15) is 12.4 Å².